The number of amides is 1. The molecular formula is C20H17NO4S2. The number of benzene rings is 2. The molecule has 0 bridgehead atoms. The second-order valence-electron chi connectivity index (χ2n) is 5.77. The third-order valence-electron chi connectivity index (χ3n) is 4.20. The fraction of sp³-hybridized carbons (Fsp3) is 0.150. The minimum absolute atomic E-state index is 0.165. The maximum atomic E-state index is 12.8. The van der Waals surface area contributed by atoms with E-state index in [-0.39, 0.29) is 5.91 Å². The van der Waals surface area contributed by atoms with Gasteiger partial charge in [0, 0.05) is 32.6 Å². The van der Waals surface area contributed by atoms with Gasteiger partial charge in [-0.3, -0.25) is 4.79 Å². The number of anilines is 1. The van der Waals surface area contributed by atoms with Crippen LogP contribution in [-0.2, 0) is 0 Å². The quantitative estimate of drug-likeness (QED) is 0.489. The van der Waals surface area contributed by atoms with Crippen molar-refractivity contribution in [2.24, 2.45) is 0 Å². The molecule has 4 aromatic rings. The van der Waals surface area contributed by atoms with E-state index in [1.807, 2.05) is 18.2 Å². The van der Waals surface area contributed by atoms with Gasteiger partial charge in [-0.15, -0.1) is 22.7 Å². The largest absolute Gasteiger partial charge is 0.493 e. The summed E-state index contributed by atoms with van der Waals surface area (Å²) in [7, 11) is 4.63. The lowest BCUT2D eigenvalue weighted by molar-refractivity contribution is 0.103. The van der Waals surface area contributed by atoms with E-state index in [2.05, 4.69) is 17.4 Å². The average Bonchev–Trinajstić information content (AvgIpc) is 3.25. The third-order valence-corrected chi connectivity index (χ3v) is 6.61. The predicted molar refractivity (Wildman–Crippen MR) is 111 cm³/mol. The molecule has 2 aromatic carbocycles. The molecule has 0 unspecified atom stereocenters. The van der Waals surface area contributed by atoms with Crippen LogP contribution < -0.4 is 19.5 Å². The highest BCUT2D eigenvalue weighted by Crippen LogP contribution is 2.41. The number of hydrogen-bond acceptors (Lipinski definition) is 6. The number of rotatable bonds is 5. The lowest BCUT2D eigenvalue weighted by Gasteiger charge is -2.14. The molecule has 0 aliphatic carbocycles. The maximum Gasteiger partial charge on any atom is 0.265 e. The molecule has 1 N–H and O–H groups in total. The fourth-order valence-corrected chi connectivity index (χ4v) is 5.38. The number of fused-ring (bicyclic) bond motifs is 3. The maximum absolute atomic E-state index is 12.8. The van der Waals surface area contributed by atoms with Crippen LogP contribution in [-0.4, -0.2) is 27.2 Å². The lowest BCUT2D eigenvalue weighted by Crippen LogP contribution is -2.10. The Morgan fingerprint density at radius 1 is 0.889 bits per heavy atom. The van der Waals surface area contributed by atoms with Crippen molar-refractivity contribution >= 4 is 53.8 Å². The second kappa shape index (κ2) is 7.09. The smallest absolute Gasteiger partial charge is 0.265 e. The number of carbonyl (C=O) groups excluding carboxylic acids is 1. The fourth-order valence-electron chi connectivity index (χ4n) is 2.96. The SMILES string of the molecule is COc1cc(NC(=O)c2cc3sc4ccccc4c3s2)cc(OC)c1OC. The zero-order valence-corrected chi connectivity index (χ0v) is 16.6. The summed E-state index contributed by atoms with van der Waals surface area (Å²) in [6, 6.07) is 13.6. The molecule has 1 amide bonds. The summed E-state index contributed by atoms with van der Waals surface area (Å²) in [6.07, 6.45) is 0. The predicted octanol–water partition coefficient (Wildman–Crippen LogP) is 5.39. The average molecular weight is 399 g/mol. The van der Waals surface area contributed by atoms with Crippen LogP contribution in [0.25, 0.3) is 19.5 Å². The first-order chi connectivity index (χ1) is 13.1. The number of ether oxygens (including phenoxy) is 3. The Balaban J connectivity index is 1.66. The molecule has 0 atom stereocenters. The number of hydrogen-bond donors (Lipinski definition) is 1. The number of nitrogens with one attached hydrogen (secondary N) is 1. The van der Waals surface area contributed by atoms with E-state index in [9.17, 15) is 4.79 Å². The van der Waals surface area contributed by atoms with Gasteiger partial charge in [-0.1, -0.05) is 18.2 Å². The molecule has 0 aliphatic heterocycles. The van der Waals surface area contributed by atoms with Crippen LogP contribution in [0.3, 0.4) is 0 Å². The Labute approximate surface area is 164 Å². The highest BCUT2D eigenvalue weighted by atomic mass is 32.1. The Morgan fingerprint density at radius 2 is 1.59 bits per heavy atom. The normalized spacial score (nSPS) is 10.9. The van der Waals surface area contributed by atoms with Gasteiger partial charge in [-0.2, -0.15) is 0 Å². The van der Waals surface area contributed by atoms with E-state index in [0.717, 1.165) is 9.40 Å². The topological polar surface area (TPSA) is 56.8 Å². The molecular weight excluding hydrogens is 382 g/mol. The summed E-state index contributed by atoms with van der Waals surface area (Å²) in [5.74, 6) is 1.30. The van der Waals surface area contributed by atoms with Crippen LogP contribution in [0.5, 0.6) is 17.2 Å². The van der Waals surface area contributed by atoms with E-state index in [1.165, 1.54) is 21.4 Å². The summed E-state index contributed by atoms with van der Waals surface area (Å²) in [4.78, 5) is 13.4. The lowest BCUT2D eigenvalue weighted by atomic mass is 10.2. The first kappa shape index (κ1) is 17.6. The van der Waals surface area contributed by atoms with Crippen LogP contribution in [0, 0.1) is 0 Å². The third kappa shape index (κ3) is 3.09. The van der Waals surface area contributed by atoms with E-state index >= 15 is 0 Å². The monoisotopic (exact) mass is 399 g/mol. The Bertz CT molecular complexity index is 1120. The van der Waals surface area contributed by atoms with Crippen molar-refractivity contribution < 1.29 is 19.0 Å². The van der Waals surface area contributed by atoms with Gasteiger partial charge >= 0.3 is 0 Å². The Kier molecular flexibility index (Phi) is 4.63. The molecule has 138 valence electrons. The van der Waals surface area contributed by atoms with Crippen molar-refractivity contribution in [2.45, 2.75) is 0 Å². The van der Waals surface area contributed by atoms with Crippen molar-refractivity contribution in [3.63, 3.8) is 0 Å². The zero-order chi connectivity index (χ0) is 19.0. The molecule has 0 saturated carbocycles. The highest BCUT2D eigenvalue weighted by Gasteiger charge is 2.17. The van der Waals surface area contributed by atoms with Gasteiger partial charge in [0.05, 0.1) is 30.9 Å². The van der Waals surface area contributed by atoms with E-state index in [1.54, 1.807) is 44.8 Å². The van der Waals surface area contributed by atoms with Crippen molar-refractivity contribution in [3.05, 3.63) is 47.3 Å². The van der Waals surface area contributed by atoms with Crippen molar-refractivity contribution in [1.29, 1.82) is 0 Å². The Morgan fingerprint density at radius 3 is 2.26 bits per heavy atom. The summed E-state index contributed by atoms with van der Waals surface area (Å²) in [6.45, 7) is 0. The molecule has 7 heteroatoms. The van der Waals surface area contributed by atoms with Gasteiger partial charge in [-0.05, 0) is 12.1 Å². The standard InChI is InChI=1S/C20H17NO4S2/c1-23-13-8-11(9-14(24-2)18(13)25-3)21-20(22)17-10-16-19(27-17)12-6-4-5-7-15(12)26-16/h4-10H,1-3H3,(H,21,22). The summed E-state index contributed by atoms with van der Waals surface area (Å²) >= 11 is 3.20. The Hall–Kier alpha value is -2.77. The van der Waals surface area contributed by atoms with Crippen LogP contribution in [0.15, 0.2) is 42.5 Å². The van der Waals surface area contributed by atoms with Crippen LogP contribution >= 0.6 is 22.7 Å². The molecule has 0 aliphatic rings. The molecule has 5 nitrogen and oxygen atoms in total. The number of carbonyl (C=O) groups is 1. The van der Waals surface area contributed by atoms with Gasteiger partial charge in [0.2, 0.25) is 5.75 Å². The van der Waals surface area contributed by atoms with Gasteiger partial charge in [-0.25, -0.2) is 0 Å². The molecule has 0 radical (unpaired) electrons. The van der Waals surface area contributed by atoms with Crippen molar-refractivity contribution in [1.82, 2.24) is 0 Å². The summed E-state index contributed by atoms with van der Waals surface area (Å²) in [5.41, 5.74) is 0.580. The minimum Gasteiger partial charge on any atom is -0.493 e. The molecule has 0 saturated heterocycles. The first-order valence-corrected chi connectivity index (χ1v) is 9.80. The van der Waals surface area contributed by atoms with Gasteiger partial charge in [0.15, 0.2) is 11.5 Å². The van der Waals surface area contributed by atoms with Gasteiger partial charge in [0.1, 0.15) is 0 Å². The number of methoxy groups -OCH3 is 3. The molecule has 2 aromatic heterocycles. The number of thiophene rings is 2. The highest BCUT2D eigenvalue weighted by molar-refractivity contribution is 7.33. The molecule has 0 spiro atoms. The van der Waals surface area contributed by atoms with Crippen LogP contribution in [0.2, 0.25) is 0 Å². The molecule has 2 heterocycles. The summed E-state index contributed by atoms with van der Waals surface area (Å²) in [5, 5.41) is 4.11. The molecule has 4 rings (SSSR count). The van der Waals surface area contributed by atoms with E-state index < -0.39 is 0 Å². The van der Waals surface area contributed by atoms with Crippen LogP contribution in [0.1, 0.15) is 9.67 Å². The van der Waals surface area contributed by atoms with Crippen molar-refractivity contribution in [2.75, 3.05) is 26.6 Å². The van der Waals surface area contributed by atoms with Crippen LogP contribution in [0.4, 0.5) is 5.69 Å². The summed E-state index contributed by atoms with van der Waals surface area (Å²) < 4.78 is 19.5. The van der Waals surface area contributed by atoms with E-state index in [4.69, 9.17) is 14.2 Å². The van der Waals surface area contributed by atoms with Crippen molar-refractivity contribution in [3.8, 4) is 17.2 Å². The molecule has 27 heavy (non-hydrogen) atoms. The van der Waals surface area contributed by atoms with Gasteiger partial charge < -0.3 is 19.5 Å². The minimum atomic E-state index is -0.165. The van der Waals surface area contributed by atoms with Gasteiger partial charge in [0.25, 0.3) is 5.91 Å². The van der Waals surface area contributed by atoms with E-state index in [0.29, 0.717) is 27.8 Å². The molecule has 0 fully saturated rings. The first-order valence-electron chi connectivity index (χ1n) is 8.17. The second-order valence-corrected chi connectivity index (χ2v) is 7.91. The zero-order valence-electron chi connectivity index (χ0n) is 15.0.